The first kappa shape index (κ1) is 48.0. The third-order valence-electron chi connectivity index (χ3n) is 7.93. The number of unbranched alkanes of at least 4 members (excludes halogenated alkanes) is 14. The van der Waals surface area contributed by atoms with Crippen LogP contribution in [0.2, 0.25) is 0 Å². The van der Waals surface area contributed by atoms with Crippen LogP contribution in [0.4, 0.5) is 0 Å². The van der Waals surface area contributed by atoms with Crippen molar-refractivity contribution in [2.45, 2.75) is 161 Å². The van der Waals surface area contributed by atoms with Gasteiger partial charge in [0, 0.05) is 19.4 Å². The SMILES string of the molecule is CC/C=C\C/C=C\C/C=C\CCCCCCCC(=O)OCC(COP(=O)(O)OCCNC)OC(=O)CCCCCCC/C=C\CCCCCC. The molecule has 2 N–H and O–H groups in total. The largest absolute Gasteiger partial charge is 0.472 e. The minimum atomic E-state index is -4.35. The van der Waals surface area contributed by atoms with Gasteiger partial charge in [-0.3, -0.25) is 18.6 Å². The molecule has 0 aromatic carbocycles. The maximum atomic E-state index is 12.6. The van der Waals surface area contributed by atoms with Crippen LogP contribution in [-0.2, 0) is 32.7 Å². The van der Waals surface area contributed by atoms with Gasteiger partial charge in [0.15, 0.2) is 6.10 Å². The zero-order valence-corrected chi connectivity index (χ0v) is 32.7. The molecule has 0 radical (unpaired) electrons. The van der Waals surface area contributed by atoms with Crippen molar-refractivity contribution in [3.63, 3.8) is 0 Å². The summed E-state index contributed by atoms with van der Waals surface area (Å²) in [6.45, 7) is 4.05. The highest BCUT2D eigenvalue weighted by Crippen LogP contribution is 2.43. The Kier molecular flexibility index (Phi) is 35.3. The summed E-state index contributed by atoms with van der Waals surface area (Å²) < 4.78 is 33.0. The number of phosphoric ester groups is 1. The Morgan fingerprint density at radius 2 is 1.14 bits per heavy atom. The number of allylic oxidation sites excluding steroid dienone is 8. The van der Waals surface area contributed by atoms with E-state index in [4.69, 9.17) is 18.5 Å². The van der Waals surface area contributed by atoms with Gasteiger partial charge in [-0.05, 0) is 77.7 Å². The second kappa shape index (κ2) is 36.8. The normalized spacial score (nSPS) is 13.9. The van der Waals surface area contributed by atoms with Gasteiger partial charge < -0.3 is 19.7 Å². The van der Waals surface area contributed by atoms with Crippen LogP contribution in [0.5, 0.6) is 0 Å². The van der Waals surface area contributed by atoms with Gasteiger partial charge >= 0.3 is 19.8 Å². The van der Waals surface area contributed by atoms with Crippen molar-refractivity contribution in [3.8, 4) is 0 Å². The van der Waals surface area contributed by atoms with E-state index in [1.165, 1.54) is 32.1 Å². The molecule has 10 heteroatoms. The third-order valence-corrected chi connectivity index (χ3v) is 8.92. The van der Waals surface area contributed by atoms with Crippen LogP contribution in [0.15, 0.2) is 48.6 Å². The van der Waals surface area contributed by atoms with Gasteiger partial charge in [0.05, 0.1) is 13.2 Å². The van der Waals surface area contributed by atoms with E-state index in [0.717, 1.165) is 83.5 Å². The predicted molar refractivity (Wildman–Crippen MR) is 206 cm³/mol. The Hall–Kier alpha value is -2.03. The van der Waals surface area contributed by atoms with Crippen LogP contribution >= 0.6 is 7.82 Å². The third kappa shape index (κ3) is 35.8. The van der Waals surface area contributed by atoms with Gasteiger partial charge in [-0.25, -0.2) is 4.57 Å². The maximum absolute atomic E-state index is 12.6. The van der Waals surface area contributed by atoms with Crippen LogP contribution < -0.4 is 5.32 Å². The Morgan fingerprint density at radius 3 is 1.72 bits per heavy atom. The number of rotatable bonds is 36. The molecule has 0 heterocycles. The van der Waals surface area contributed by atoms with Crippen molar-refractivity contribution >= 4 is 19.8 Å². The average molecular weight is 726 g/mol. The van der Waals surface area contributed by atoms with Crippen molar-refractivity contribution in [3.05, 3.63) is 48.6 Å². The number of hydrogen-bond donors (Lipinski definition) is 2. The highest BCUT2D eigenvalue weighted by atomic mass is 31.2. The van der Waals surface area contributed by atoms with Crippen LogP contribution in [0.25, 0.3) is 0 Å². The summed E-state index contributed by atoms with van der Waals surface area (Å²) in [5.41, 5.74) is 0. The molecule has 0 aliphatic carbocycles. The topological polar surface area (TPSA) is 120 Å². The van der Waals surface area contributed by atoms with Crippen LogP contribution in [-0.4, -0.2) is 56.3 Å². The Bertz CT molecular complexity index is 965. The second-order valence-corrected chi connectivity index (χ2v) is 14.2. The molecule has 50 heavy (non-hydrogen) atoms. The van der Waals surface area contributed by atoms with Crippen molar-refractivity contribution in [2.24, 2.45) is 0 Å². The molecule has 0 bridgehead atoms. The maximum Gasteiger partial charge on any atom is 0.472 e. The molecule has 2 unspecified atom stereocenters. The molecule has 290 valence electrons. The summed E-state index contributed by atoms with van der Waals surface area (Å²) in [5.74, 6) is -0.841. The van der Waals surface area contributed by atoms with Crippen molar-refractivity contribution in [2.75, 3.05) is 33.4 Å². The summed E-state index contributed by atoms with van der Waals surface area (Å²) in [6.07, 6.45) is 38.7. The Balaban J connectivity index is 4.32. The number of carbonyl (C=O) groups excluding carboxylic acids is 2. The lowest BCUT2D eigenvalue weighted by atomic mass is 10.1. The Morgan fingerprint density at radius 1 is 0.640 bits per heavy atom. The molecule has 9 nitrogen and oxygen atoms in total. The molecule has 0 saturated carbocycles. The van der Waals surface area contributed by atoms with Gasteiger partial charge in [0.25, 0.3) is 0 Å². The molecule has 0 fully saturated rings. The van der Waals surface area contributed by atoms with E-state index in [9.17, 15) is 19.0 Å². The summed E-state index contributed by atoms with van der Waals surface area (Å²) in [6, 6.07) is 0. The molecule has 0 spiro atoms. The van der Waals surface area contributed by atoms with Gasteiger partial charge in [-0.1, -0.05) is 120 Å². The average Bonchev–Trinajstić information content (AvgIpc) is 3.09. The first-order chi connectivity index (χ1) is 24.3. The van der Waals surface area contributed by atoms with Gasteiger partial charge in [-0.2, -0.15) is 0 Å². The summed E-state index contributed by atoms with van der Waals surface area (Å²) in [5, 5.41) is 2.81. The number of carbonyl (C=O) groups is 2. The lowest BCUT2D eigenvalue weighted by molar-refractivity contribution is -0.161. The fourth-order valence-electron chi connectivity index (χ4n) is 4.97. The molecule has 0 rings (SSSR count). The van der Waals surface area contributed by atoms with Crippen LogP contribution in [0.3, 0.4) is 0 Å². The van der Waals surface area contributed by atoms with E-state index in [2.05, 4.69) is 67.8 Å². The number of ether oxygens (including phenoxy) is 2. The highest BCUT2D eigenvalue weighted by Gasteiger charge is 2.26. The molecular formula is C40H72NO8P. The van der Waals surface area contributed by atoms with E-state index in [1.54, 1.807) is 7.05 Å². The first-order valence-electron chi connectivity index (χ1n) is 19.6. The standard InChI is InChI=1S/C40H72NO8P/c1-4-6-8-10-12-14-16-18-19-21-22-24-26-28-30-32-39(42)46-36-38(37-48-50(44,45)47-35-34-41-3)49-40(43)33-31-29-27-25-23-20-17-15-13-11-9-7-5-2/h6,8,12,14-15,17-19,38,41H,4-5,7,9-11,13,16,20-37H2,1-3H3,(H,44,45)/b8-6-,14-12-,17-15-,19-18-. The highest BCUT2D eigenvalue weighted by molar-refractivity contribution is 7.47. The number of phosphoric acid groups is 1. The molecule has 0 aliphatic heterocycles. The Labute approximate surface area is 305 Å². The summed E-state index contributed by atoms with van der Waals surface area (Å²) >= 11 is 0. The van der Waals surface area contributed by atoms with Gasteiger partial charge in [0.2, 0.25) is 0 Å². The van der Waals surface area contributed by atoms with Crippen molar-refractivity contribution < 1.29 is 37.6 Å². The van der Waals surface area contributed by atoms with Gasteiger partial charge in [-0.15, -0.1) is 0 Å². The zero-order valence-electron chi connectivity index (χ0n) is 31.8. The molecule has 0 aromatic heterocycles. The summed E-state index contributed by atoms with van der Waals surface area (Å²) in [4.78, 5) is 34.9. The van der Waals surface area contributed by atoms with E-state index in [1.807, 2.05) is 0 Å². The monoisotopic (exact) mass is 725 g/mol. The number of esters is 2. The summed E-state index contributed by atoms with van der Waals surface area (Å²) in [7, 11) is -2.66. The lowest BCUT2D eigenvalue weighted by Crippen LogP contribution is -2.29. The minimum absolute atomic E-state index is 0.0230. The van der Waals surface area contributed by atoms with Gasteiger partial charge in [0.1, 0.15) is 6.61 Å². The van der Waals surface area contributed by atoms with Crippen molar-refractivity contribution in [1.29, 1.82) is 0 Å². The fourth-order valence-corrected chi connectivity index (χ4v) is 5.72. The van der Waals surface area contributed by atoms with E-state index in [-0.39, 0.29) is 26.1 Å². The van der Waals surface area contributed by atoms with E-state index < -0.39 is 32.5 Å². The molecular weight excluding hydrogens is 653 g/mol. The first-order valence-corrected chi connectivity index (χ1v) is 21.1. The van der Waals surface area contributed by atoms with E-state index in [0.29, 0.717) is 19.4 Å². The van der Waals surface area contributed by atoms with E-state index >= 15 is 0 Å². The molecule has 2 atom stereocenters. The lowest BCUT2D eigenvalue weighted by Gasteiger charge is -2.20. The minimum Gasteiger partial charge on any atom is -0.462 e. The smallest absolute Gasteiger partial charge is 0.462 e. The second-order valence-electron chi connectivity index (χ2n) is 12.7. The fraction of sp³-hybridized carbons (Fsp3) is 0.750. The zero-order chi connectivity index (χ0) is 36.8. The number of hydrogen-bond acceptors (Lipinski definition) is 8. The molecule has 0 saturated heterocycles. The van der Waals surface area contributed by atoms with Crippen LogP contribution in [0, 0.1) is 0 Å². The quantitative estimate of drug-likeness (QED) is 0.0281. The van der Waals surface area contributed by atoms with Crippen LogP contribution in [0.1, 0.15) is 155 Å². The predicted octanol–water partition coefficient (Wildman–Crippen LogP) is 10.6. The molecule has 0 aliphatic rings. The molecule has 0 amide bonds. The van der Waals surface area contributed by atoms with Crippen molar-refractivity contribution in [1.82, 2.24) is 5.32 Å². The number of nitrogens with one attached hydrogen (secondary N) is 1. The molecule has 0 aromatic rings. The number of likely N-dealkylation sites (N-methyl/N-ethyl adjacent to an activating group) is 1.